The van der Waals surface area contributed by atoms with Gasteiger partial charge in [-0.25, -0.2) is 4.79 Å². The van der Waals surface area contributed by atoms with Crippen molar-refractivity contribution in [2.75, 3.05) is 26.8 Å². The molecule has 0 spiro atoms. The van der Waals surface area contributed by atoms with Crippen LogP contribution in [0.15, 0.2) is 0 Å². The average molecular weight is 244 g/mol. The summed E-state index contributed by atoms with van der Waals surface area (Å²) in [4.78, 5) is 13.8. The predicted molar refractivity (Wildman–Crippen MR) is 66.1 cm³/mol. The van der Waals surface area contributed by atoms with Gasteiger partial charge in [0, 0.05) is 32.3 Å². The number of nitrogens with one attached hydrogen (secondary N) is 1. The Hall–Kier alpha value is -0.810. The lowest BCUT2D eigenvalue weighted by atomic mass is 10.1. The highest BCUT2D eigenvalue weighted by Gasteiger charge is 2.31. The Morgan fingerprint density at radius 1 is 1.47 bits per heavy atom. The molecule has 0 aromatic heterocycles. The van der Waals surface area contributed by atoms with E-state index in [1.165, 1.54) is 0 Å². The second-order valence-electron chi connectivity index (χ2n) is 5.54. The summed E-state index contributed by atoms with van der Waals surface area (Å²) in [6.45, 7) is 9.66. The van der Waals surface area contributed by atoms with E-state index in [2.05, 4.69) is 5.32 Å². The van der Waals surface area contributed by atoms with Crippen LogP contribution in [-0.4, -0.2) is 55.5 Å². The number of hydrogen-bond donors (Lipinski definition) is 1. The third-order valence-electron chi connectivity index (χ3n) is 2.65. The van der Waals surface area contributed by atoms with Gasteiger partial charge in [-0.1, -0.05) is 0 Å². The minimum absolute atomic E-state index is 0.151. The van der Waals surface area contributed by atoms with Crippen molar-refractivity contribution in [2.24, 2.45) is 0 Å². The van der Waals surface area contributed by atoms with Gasteiger partial charge >= 0.3 is 6.09 Å². The number of rotatable bonds is 2. The number of carbonyl (C=O) groups is 1. The molecule has 0 aliphatic carbocycles. The molecule has 1 heterocycles. The fourth-order valence-corrected chi connectivity index (χ4v) is 1.82. The summed E-state index contributed by atoms with van der Waals surface area (Å²) in [5.74, 6) is 0. The van der Waals surface area contributed by atoms with Crippen molar-refractivity contribution in [3.05, 3.63) is 0 Å². The van der Waals surface area contributed by atoms with Crippen molar-refractivity contribution in [2.45, 2.75) is 45.4 Å². The topological polar surface area (TPSA) is 50.8 Å². The first kappa shape index (κ1) is 14.3. The number of hydrogen-bond acceptors (Lipinski definition) is 4. The molecular weight excluding hydrogens is 220 g/mol. The second kappa shape index (κ2) is 5.69. The Morgan fingerprint density at radius 3 is 2.65 bits per heavy atom. The van der Waals surface area contributed by atoms with Crippen molar-refractivity contribution in [3.8, 4) is 0 Å². The number of ether oxygens (including phenoxy) is 2. The van der Waals surface area contributed by atoms with Crippen LogP contribution in [0.25, 0.3) is 0 Å². The van der Waals surface area contributed by atoms with Gasteiger partial charge in [-0.15, -0.1) is 0 Å². The van der Waals surface area contributed by atoms with Crippen molar-refractivity contribution in [1.29, 1.82) is 0 Å². The normalized spacial score (nSPS) is 25.8. The van der Waals surface area contributed by atoms with Crippen LogP contribution < -0.4 is 5.32 Å². The van der Waals surface area contributed by atoms with Gasteiger partial charge in [-0.3, -0.25) is 0 Å². The zero-order chi connectivity index (χ0) is 13.1. The molecule has 0 aromatic carbocycles. The average Bonchev–Trinajstić information content (AvgIpc) is 2.18. The quantitative estimate of drug-likeness (QED) is 0.794. The second-order valence-corrected chi connectivity index (χ2v) is 5.54. The molecule has 1 saturated heterocycles. The summed E-state index contributed by atoms with van der Waals surface area (Å²) < 4.78 is 10.5. The molecule has 1 rings (SSSR count). The maximum absolute atomic E-state index is 12.0. The van der Waals surface area contributed by atoms with Crippen LogP contribution >= 0.6 is 0 Å². The van der Waals surface area contributed by atoms with E-state index in [-0.39, 0.29) is 18.2 Å². The van der Waals surface area contributed by atoms with E-state index in [9.17, 15) is 4.79 Å². The van der Waals surface area contributed by atoms with E-state index in [0.29, 0.717) is 13.2 Å². The summed E-state index contributed by atoms with van der Waals surface area (Å²) in [5.41, 5.74) is -0.446. The summed E-state index contributed by atoms with van der Waals surface area (Å²) in [5, 5.41) is 3.34. The van der Waals surface area contributed by atoms with Gasteiger partial charge < -0.3 is 19.7 Å². The molecule has 5 heteroatoms. The summed E-state index contributed by atoms with van der Waals surface area (Å²) in [7, 11) is 1.66. The minimum atomic E-state index is -0.446. The first-order valence-corrected chi connectivity index (χ1v) is 6.05. The fourth-order valence-electron chi connectivity index (χ4n) is 1.82. The molecule has 17 heavy (non-hydrogen) atoms. The van der Waals surface area contributed by atoms with Gasteiger partial charge in [-0.2, -0.15) is 0 Å². The number of nitrogens with zero attached hydrogens (tertiary/aromatic N) is 1. The monoisotopic (exact) mass is 244 g/mol. The van der Waals surface area contributed by atoms with Crippen LogP contribution in [-0.2, 0) is 9.47 Å². The molecule has 1 amide bonds. The van der Waals surface area contributed by atoms with Crippen molar-refractivity contribution < 1.29 is 14.3 Å². The maximum atomic E-state index is 12.0. The number of piperazine rings is 1. The van der Waals surface area contributed by atoms with Gasteiger partial charge in [0.25, 0.3) is 0 Å². The summed E-state index contributed by atoms with van der Waals surface area (Å²) >= 11 is 0. The number of carbonyl (C=O) groups excluding carboxylic acids is 1. The van der Waals surface area contributed by atoms with Crippen LogP contribution in [0, 0.1) is 0 Å². The molecule has 100 valence electrons. The summed E-state index contributed by atoms with van der Waals surface area (Å²) in [6, 6.07) is 0.335. The Bertz CT molecular complexity index is 263. The molecule has 1 aliphatic rings. The van der Waals surface area contributed by atoms with Gasteiger partial charge in [-0.05, 0) is 27.7 Å². The molecule has 1 fully saturated rings. The lowest BCUT2D eigenvalue weighted by Crippen LogP contribution is -2.59. The highest BCUT2D eigenvalue weighted by molar-refractivity contribution is 5.68. The van der Waals surface area contributed by atoms with E-state index in [1.807, 2.05) is 27.7 Å². The minimum Gasteiger partial charge on any atom is -0.444 e. The van der Waals surface area contributed by atoms with Gasteiger partial charge in [0.1, 0.15) is 5.60 Å². The number of amides is 1. The van der Waals surface area contributed by atoms with Crippen LogP contribution in [0.1, 0.15) is 27.7 Å². The van der Waals surface area contributed by atoms with Crippen LogP contribution in [0.4, 0.5) is 4.79 Å². The maximum Gasteiger partial charge on any atom is 0.410 e. The fraction of sp³-hybridized carbons (Fsp3) is 0.917. The van der Waals surface area contributed by atoms with E-state index in [1.54, 1.807) is 12.0 Å². The third-order valence-corrected chi connectivity index (χ3v) is 2.65. The lowest BCUT2D eigenvalue weighted by molar-refractivity contribution is 0.00518. The van der Waals surface area contributed by atoms with Gasteiger partial charge in [0.05, 0.1) is 6.61 Å². The summed E-state index contributed by atoms with van der Waals surface area (Å²) in [6.07, 6.45) is -0.243. The third kappa shape index (κ3) is 4.52. The van der Waals surface area contributed by atoms with E-state index >= 15 is 0 Å². The molecule has 0 aromatic rings. The first-order valence-electron chi connectivity index (χ1n) is 6.05. The van der Waals surface area contributed by atoms with Crippen molar-refractivity contribution in [3.63, 3.8) is 0 Å². The molecule has 0 unspecified atom stereocenters. The number of methoxy groups -OCH3 is 1. The smallest absolute Gasteiger partial charge is 0.410 e. The highest BCUT2D eigenvalue weighted by atomic mass is 16.6. The standard InChI is InChI=1S/C12H24N2O3/c1-9-6-13-10(8-16-5)7-14(9)11(15)17-12(2,3)4/h9-10,13H,6-8H2,1-5H3/t9-,10-/m1/s1. The molecule has 1 aliphatic heterocycles. The Kier molecular flexibility index (Phi) is 4.77. The molecule has 1 N–H and O–H groups in total. The zero-order valence-corrected chi connectivity index (χ0v) is 11.4. The lowest BCUT2D eigenvalue weighted by Gasteiger charge is -2.39. The Morgan fingerprint density at radius 2 is 2.12 bits per heavy atom. The first-order chi connectivity index (χ1) is 7.83. The van der Waals surface area contributed by atoms with Crippen LogP contribution in [0.2, 0.25) is 0 Å². The van der Waals surface area contributed by atoms with Crippen LogP contribution in [0.3, 0.4) is 0 Å². The Labute approximate surface area is 103 Å². The molecule has 5 nitrogen and oxygen atoms in total. The SMILES string of the molecule is COC[C@H]1CN(C(=O)OC(C)(C)C)[C@H](C)CN1. The zero-order valence-electron chi connectivity index (χ0n) is 11.4. The Balaban J connectivity index is 2.57. The van der Waals surface area contributed by atoms with Gasteiger partial charge in [0.15, 0.2) is 0 Å². The molecule has 0 saturated carbocycles. The van der Waals surface area contributed by atoms with Crippen molar-refractivity contribution in [1.82, 2.24) is 10.2 Å². The molecular formula is C12H24N2O3. The van der Waals surface area contributed by atoms with Crippen LogP contribution in [0.5, 0.6) is 0 Å². The molecule has 2 atom stereocenters. The van der Waals surface area contributed by atoms with Gasteiger partial charge in [0.2, 0.25) is 0 Å². The highest BCUT2D eigenvalue weighted by Crippen LogP contribution is 2.14. The van der Waals surface area contributed by atoms with Crippen molar-refractivity contribution >= 4 is 6.09 Å². The predicted octanol–water partition coefficient (Wildman–Crippen LogP) is 1.23. The van der Waals surface area contributed by atoms with E-state index < -0.39 is 5.60 Å². The molecule has 0 radical (unpaired) electrons. The van der Waals surface area contributed by atoms with E-state index in [4.69, 9.17) is 9.47 Å². The molecule has 0 bridgehead atoms. The largest absolute Gasteiger partial charge is 0.444 e. The van der Waals surface area contributed by atoms with E-state index in [0.717, 1.165) is 6.54 Å².